The number of hydrogen-bond donors (Lipinski definition) is 2. The Morgan fingerprint density at radius 2 is 2.28 bits per heavy atom. The van der Waals surface area contributed by atoms with Gasteiger partial charge in [0.2, 0.25) is 5.91 Å². The highest BCUT2D eigenvalue weighted by molar-refractivity contribution is 7.80. The molecule has 5 nitrogen and oxygen atoms in total. The molecule has 1 saturated carbocycles. The van der Waals surface area contributed by atoms with Gasteiger partial charge in [0.25, 0.3) is 0 Å². The molecule has 0 radical (unpaired) electrons. The number of nitrogens with one attached hydrogen (secondary N) is 1. The number of carbonyl (C=O) groups excluding carboxylic acids is 1. The van der Waals surface area contributed by atoms with Gasteiger partial charge < -0.3 is 15.6 Å². The van der Waals surface area contributed by atoms with Gasteiger partial charge in [-0.25, -0.2) is 4.98 Å². The van der Waals surface area contributed by atoms with E-state index >= 15 is 0 Å². The summed E-state index contributed by atoms with van der Waals surface area (Å²) in [6.45, 7) is 0.455. The maximum absolute atomic E-state index is 12.6. The van der Waals surface area contributed by atoms with Crippen LogP contribution < -0.4 is 5.73 Å². The minimum atomic E-state index is -0.628. The lowest BCUT2D eigenvalue weighted by atomic mass is 9.84. The molecule has 0 aliphatic heterocycles. The van der Waals surface area contributed by atoms with E-state index in [9.17, 15) is 4.79 Å². The van der Waals surface area contributed by atoms with Crippen molar-refractivity contribution in [2.24, 2.45) is 11.1 Å². The van der Waals surface area contributed by atoms with Crippen LogP contribution in [0.4, 0.5) is 0 Å². The van der Waals surface area contributed by atoms with E-state index in [2.05, 4.69) is 9.97 Å². The Morgan fingerprint density at radius 3 is 2.78 bits per heavy atom. The summed E-state index contributed by atoms with van der Waals surface area (Å²) in [5, 5.41) is 0. The van der Waals surface area contributed by atoms with E-state index in [1.54, 1.807) is 24.3 Å². The number of aromatic amines is 1. The van der Waals surface area contributed by atoms with Crippen LogP contribution in [-0.2, 0) is 11.3 Å². The van der Waals surface area contributed by atoms with Crippen molar-refractivity contribution >= 4 is 23.1 Å². The Bertz CT molecular complexity index is 437. The number of aromatic nitrogens is 2. The predicted molar refractivity (Wildman–Crippen MR) is 72.7 cm³/mol. The zero-order valence-electron chi connectivity index (χ0n) is 10.5. The van der Waals surface area contributed by atoms with Gasteiger partial charge in [-0.15, -0.1) is 0 Å². The minimum absolute atomic E-state index is 0.0175. The highest BCUT2D eigenvalue weighted by atomic mass is 32.1. The van der Waals surface area contributed by atoms with Crippen molar-refractivity contribution in [1.29, 1.82) is 0 Å². The number of nitrogens with zero attached hydrogens (tertiary/aromatic N) is 2. The normalized spacial score (nSPS) is 17.6. The molecule has 0 unspecified atom stereocenters. The van der Waals surface area contributed by atoms with Crippen LogP contribution in [0.15, 0.2) is 12.4 Å². The second-order valence-corrected chi connectivity index (χ2v) is 5.29. The quantitative estimate of drug-likeness (QED) is 0.803. The van der Waals surface area contributed by atoms with E-state index < -0.39 is 5.41 Å². The summed E-state index contributed by atoms with van der Waals surface area (Å²) < 4.78 is 0. The van der Waals surface area contributed by atoms with Gasteiger partial charge >= 0.3 is 0 Å². The highest BCUT2D eigenvalue weighted by Crippen LogP contribution is 2.40. The van der Waals surface area contributed by atoms with Gasteiger partial charge in [-0.3, -0.25) is 4.79 Å². The molecule has 1 aromatic heterocycles. The van der Waals surface area contributed by atoms with E-state index in [0.717, 1.165) is 31.5 Å². The molecule has 1 aromatic rings. The Hall–Kier alpha value is -1.43. The number of amides is 1. The van der Waals surface area contributed by atoms with Gasteiger partial charge in [-0.2, -0.15) is 0 Å². The first kappa shape index (κ1) is 13.0. The van der Waals surface area contributed by atoms with Crippen molar-refractivity contribution in [1.82, 2.24) is 14.9 Å². The van der Waals surface area contributed by atoms with Gasteiger partial charge in [0, 0.05) is 19.4 Å². The van der Waals surface area contributed by atoms with Gasteiger partial charge in [0.1, 0.15) is 5.82 Å². The summed E-state index contributed by atoms with van der Waals surface area (Å²) in [7, 11) is 1.77. The SMILES string of the molecule is CN(Cc1ncc[nH]1)C(=O)C1(C(N)=S)CCCC1. The molecule has 1 aliphatic carbocycles. The summed E-state index contributed by atoms with van der Waals surface area (Å²) in [4.78, 5) is 21.6. The molecule has 2 rings (SSSR count). The first-order chi connectivity index (χ1) is 8.56. The van der Waals surface area contributed by atoms with Crippen LogP contribution in [-0.4, -0.2) is 32.8 Å². The molecule has 1 aliphatic rings. The van der Waals surface area contributed by atoms with Crippen LogP contribution >= 0.6 is 12.2 Å². The lowest BCUT2D eigenvalue weighted by molar-refractivity contribution is -0.137. The third-order valence-electron chi connectivity index (χ3n) is 3.63. The van der Waals surface area contributed by atoms with Crippen molar-refractivity contribution in [3.05, 3.63) is 18.2 Å². The van der Waals surface area contributed by atoms with E-state index in [-0.39, 0.29) is 5.91 Å². The topological polar surface area (TPSA) is 75.0 Å². The monoisotopic (exact) mass is 266 g/mol. The van der Waals surface area contributed by atoms with Gasteiger partial charge in [0.15, 0.2) is 0 Å². The molecule has 1 fully saturated rings. The molecule has 0 saturated heterocycles. The Balaban J connectivity index is 2.11. The number of H-pyrrole nitrogens is 1. The molecular weight excluding hydrogens is 248 g/mol. The average molecular weight is 266 g/mol. The van der Waals surface area contributed by atoms with E-state index in [0.29, 0.717) is 11.5 Å². The van der Waals surface area contributed by atoms with Crippen LogP contribution in [0.2, 0.25) is 0 Å². The van der Waals surface area contributed by atoms with Crippen LogP contribution in [0.3, 0.4) is 0 Å². The zero-order valence-corrected chi connectivity index (χ0v) is 11.3. The maximum Gasteiger partial charge on any atom is 0.235 e. The fraction of sp³-hybridized carbons (Fsp3) is 0.583. The zero-order chi connectivity index (χ0) is 13.2. The van der Waals surface area contributed by atoms with Crippen LogP contribution in [0, 0.1) is 5.41 Å². The van der Waals surface area contributed by atoms with Crippen molar-refractivity contribution in [3.8, 4) is 0 Å². The van der Waals surface area contributed by atoms with Crippen molar-refractivity contribution in [2.45, 2.75) is 32.2 Å². The fourth-order valence-corrected chi connectivity index (χ4v) is 2.88. The van der Waals surface area contributed by atoms with Gasteiger partial charge in [0.05, 0.1) is 16.9 Å². The third kappa shape index (κ3) is 2.25. The molecule has 98 valence electrons. The lowest BCUT2D eigenvalue weighted by Gasteiger charge is -2.31. The average Bonchev–Trinajstić information content (AvgIpc) is 2.98. The molecule has 1 heterocycles. The van der Waals surface area contributed by atoms with Crippen LogP contribution in [0.5, 0.6) is 0 Å². The Morgan fingerprint density at radius 1 is 1.61 bits per heavy atom. The van der Waals surface area contributed by atoms with Gasteiger partial charge in [-0.05, 0) is 12.8 Å². The predicted octanol–water partition coefficient (Wildman–Crippen LogP) is 1.21. The second kappa shape index (κ2) is 5.06. The summed E-state index contributed by atoms with van der Waals surface area (Å²) in [6, 6.07) is 0. The molecule has 6 heteroatoms. The molecule has 18 heavy (non-hydrogen) atoms. The van der Waals surface area contributed by atoms with Crippen LogP contribution in [0.25, 0.3) is 0 Å². The summed E-state index contributed by atoms with van der Waals surface area (Å²) in [5.74, 6) is 0.783. The first-order valence-corrected chi connectivity index (χ1v) is 6.51. The first-order valence-electron chi connectivity index (χ1n) is 6.10. The number of thiocarbonyl (C=S) groups is 1. The van der Waals surface area contributed by atoms with Crippen molar-refractivity contribution in [2.75, 3.05) is 7.05 Å². The summed E-state index contributed by atoms with van der Waals surface area (Å²) in [6.07, 6.45) is 6.97. The second-order valence-electron chi connectivity index (χ2n) is 4.85. The number of rotatable bonds is 4. The van der Waals surface area contributed by atoms with E-state index in [1.165, 1.54) is 0 Å². The maximum atomic E-state index is 12.6. The Kier molecular flexibility index (Phi) is 3.65. The van der Waals surface area contributed by atoms with E-state index in [1.807, 2.05) is 0 Å². The van der Waals surface area contributed by atoms with Gasteiger partial charge in [-0.1, -0.05) is 25.1 Å². The smallest absolute Gasteiger partial charge is 0.235 e. The minimum Gasteiger partial charge on any atom is -0.392 e. The number of nitrogens with two attached hydrogens (primary N) is 1. The summed E-state index contributed by atoms with van der Waals surface area (Å²) >= 11 is 5.12. The number of carbonyl (C=O) groups is 1. The largest absolute Gasteiger partial charge is 0.392 e. The van der Waals surface area contributed by atoms with Crippen molar-refractivity contribution < 1.29 is 4.79 Å². The summed E-state index contributed by atoms with van der Waals surface area (Å²) in [5.41, 5.74) is 5.18. The van der Waals surface area contributed by atoms with E-state index in [4.69, 9.17) is 18.0 Å². The fourth-order valence-electron chi connectivity index (χ4n) is 2.59. The molecule has 0 spiro atoms. The molecule has 0 atom stereocenters. The van der Waals surface area contributed by atoms with Crippen molar-refractivity contribution in [3.63, 3.8) is 0 Å². The molecular formula is C12H18N4OS. The standard InChI is InChI=1S/C12H18N4OS/c1-16(8-9-14-6-7-15-9)11(17)12(10(13)18)4-2-3-5-12/h6-7H,2-5,8H2,1H3,(H2,13,18)(H,14,15). The molecule has 0 aromatic carbocycles. The number of imidazole rings is 1. The Labute approximate surface area is 112 Å². The molecule has 0 bridgehead atoms. The highest BCUT2D eigenvalue weighted by Gasteiger charge is 2.45. The molecule has 3 N–H and O–H groups in total. The lowest BCUT2D eigenvalue weighted by Crippen LogP contribution is -2.47. The third-order valence-corrected chi connectivity index (χ3v) is 4.02. The number of hydrogen-bond acceptors (Lipinski definition) is 3. The van der Waals surface area contributed by atoms with Crippen LogP contribution in [0.1, 0.15) is 31.5 Å². The molecule has 1 amide bonds.